The smallest absolute Gasteiger partial charge is 0.157 e. The Kier molecular flexibility index (Phi) is 3.26. The minimum Gasteiger partial charge on any atom is -0.359 e. The minimum atomic E-state index is 0.275. The van der Waals surface area contributed by atoms with Crippen LogP contribution in [-0.2, 0) is 0 Å². The van der Waals surface area contributed by atoms with Gasteiger partial charge in [0.05, 0.1) is 6.04 Å². The summed E-state index contributed by atoms with van der Waals surface area (Å²) in [6.45, 7) is 9.26. The topological polar surface area (TPSA) is 24.4 Å². The largest absolute Gasteiger partial charge is 0.359 e. The fourth-order valence-corrected chi connectivity index (χ4v) is 3.77. The molecule has 1 heterocycles. The Hall–Kier alpha value is -0.180. The van der Waals surface area contributed by atoms with Gasteiger partial charge in [-0.1, -0.05) is 32.5 Å². The molecule has 1 saturated carbocycles. The third-order valence-electron chi connectivity index (χ3n) is 3.96. The maximum absolute atomic E-state index is 4.88. The Labute approximate surface area is 104 Å². The average molecular weight is 240 g/mol. The molecule has 0 bridgehead atoms. The number of hydrogen-bond donors (Lipinski definition) is 1. The SMILES string of the molecule is CCC1(C)CSC(=NC2CCC(C)(C)C2)N1. The van der Waals surface area contributed by atoms with Crippen molar-refractivity contribution in [3.8, 4) is 0 Å². The van der Waals surface area contributed by atoms with E-state index in [9.17, 15) is 0 Å². The van der Waals surface area contributed by atoms with Gasteiger partial charge >= 0.3 is 0 Å². The lowest BCUT2D eigenvalue weighted by molar-refractivity contribution is 0.376. The van der Waals surface area contributed by atoms with E-state index in [0.29, 0.717) is 11.5 Å². The van der Waals surface area contributed by atoms with Crippen molar-refractivity contribution in [3.63, 3.8) is 0 Å². The van der Waals surface area contributed by atoms with Gasteiger partial charge in [-0.05, 0) is 38.0 Å². The summed E-state index contributed by atoms with van der Waals surface area (Å²) in [5.74, 6) is 1.17. The van der Waals surface area contributed by atoms with Crippen LogP contribution in [0.4, 0.5) is 0 Å². The highest BCUT2D eigenvalue weighted by Gasteiger charge is 2.34. The van der Waals surface area contributed by atoms with Gasteiger partial charge in [0.1, 0.15) is 0 Å². The first-order valence-electron chi connectivity index (χ1n) is 6.41. The summed E-state index contributed by atoms with van der Waals surface area (Å²) in [7, 11) is 0. The van der Waals surface area contributed by atoms with Gasteiger partial charge in [0, 0.05) is 11.3 Å². The van der Waals surface area contributed by atoms with E-state index in [1.54, 1.807) is 0 Å². The van der Waals surface area contributed by atoms with Crippen molar-refractivity contribution in [3.05, 3.63) is 0 Å². The highest BCUT2D eigenvalue weighted by Crippen LogP contribution is 2.39. The molecule has 2 aliphatic rings. The molecule has 0 aromatic carbocycles. The fraction of sp³-hybridized carbons (Fsp3) is 0.923. The molecule has 2 atom stereocenters. The number of nitrogens with one attached hydrogen (secondary N) is 1. The van der Waals surface area contributed by atoms with Crippen LogP contribution >= 0.6 is 11.8 Å². The first kappa shape index (κ1) is 12.3. The molecule has 0 aromatic heterocycles. The van der Waals surface area contributed by atoms with Crippen molar-refractivity contribution < 1.29 is 0 Å². The Morgan fingerprint density at radius 2 is 2.19 bits per heavy atom. The van der Waals surface area contributed by atoms with Crippen molar-refractivity contribution in [2.45, 2.75) is 65.0 Å². The van der Waals surface area contributed by atoms with Crippen LogP contribution in [-0.4, -0.2) is 22.5 Å². The average Bonchev–Trinajstić information content (AvgIpc) is 2.72. The van der Waals surface area contributed by atoms with Crippen molar-refractivity contribution in [1.29, 1.82) is 0 Å². The molecule has 1 aliphatic heterocycles. The van der Waals surface area contributed by atoms with E-state index in [-0.39, 0.29) is 5.54 Å². The predicted molar refractivity (Wildman–Crippen MR) is 73.1 cm³/mol. The minimum absolute atomic E-state index is 0.275. The number of amidine groups is 1. The van der Waals surface area contributed by atoms with E-state index in [0.717, 1.165) is 0 Å². The van der Waals surface area contributed by atoms with E-state index in [4.69, 9.17) is 4.99 Å². The van der Waals surface area contributed by atoms with Gasteiger partial charge < -0.3 is 5.32 Å². The zero-order valence-corrected chi connectivity index (χ0v) is 11.8. The van der Waals surface area contributed by atoms with Crippen LogP contribution < -0.4 is 5.32 Å². The predicted octanol–water partition coefficient (Wildman–Crippen LogP) is 3.43. The van der Waals surface area contributed by atoms with Crippen LogP contribution in [0.1, 0.15) is 53.4 Å². The molecule has 16 heavy (non-hydrogen) atoms. The Morgan fingerprint density at radius 1 is 1.44 bits per heavy atom. The Morgan fingerprint density at radius 3 is 2.69 bits per heavy atom. The molecule has 2 unspecified atom stereocenters. The first-order chi connectivity index (χ1) is 7.42. The van der Waals surface area contributed by atoms with E-state index < -0.39 is 0 Å². The molecular formula is C13H24N2S. The molecule has 92 valence electrons. The Balaban J connectivity index is 1.95. The fourth-order valence-electron chi connectivity index (χ4n) is 2.49. The summed E-state index contributed by atoms with van der Waals surface area (Å²) in [6.07, 6.45) is 5.02. The molecule has 1 N–H and O–H groups in total. The molecule has 3 heteroatoms. The van der Waals surface area contributed by atoms with Crippen molar-refractivity contribution >= 4 is 16.9 Å². The number of aliphatic imine (C=N–C) groups is 1. The van der Waals surface area contributed by atoms with E-state index in [1.165, 1.54) is 36.6 Å². The number of rotatable bonds is 2. The van der Waals surface area contributed by atoms with Crippen LogP contribution in [0.2, 0.25) is 0 Å². The van der Waals surface area contributed by atoms with Crippen molar-refractivity contribution in [2.75, 3.05) is 5.75 Å². The van der Waals surface area contributed by atoms with Gasteiger partial charge in [0.25, 0.3) is 0 Å². The summed E-state index contributed by atoms with van der Waals surface area (Å²) < 4.78 is 0. The highest BCUT2D eigenvalue weighted by atomic mass is 32.2. The molecule has 0 radical (unpaired) electrons. The van der Waals surface area contributed by atoms with Crippen LogP contribution in [0.25, 0.3) is 0 Å². The maximum atomic E-state index is 4.88. The summed E-state index contributed by atoms with van der Waals surface area (Å²) in [6, 6.07) is 0.559. The monoisotopic (exact) mass is 240 g/mol. The second-order valence-electron chi connectivity index (χ2n) is 6.32. The molecule has 2 nitrogen and oxygen atoms in total. The van der Waals surface area contributed by atoms with Crippen molar-refractivity contribution in [2.24, 2.45) is 10.4 Å². The van der Waals surface area contributed by atoms with E-state index >= 15 is 0 Å². The molecule has 1 saturated heterocycles. The lowest BCUT2D eigenvalue weighted by Crippen LogP contribution is -2.39. The van der Waals surface area contributed by atoms with Crippen LogP contribution in [0.5, 0.6) is 0 Å². The lowest BCUT2D eigenvalue weighted by atomic mass is 9.92. The summed E-state index contributed by atoms with van der Waals surface area (Å²) >= 11 is 1.90. The van der Waals surface area contributed by atoms with Gasteiger partial charge in [0.2, 0.25) is 0 Å². The van der Waals surface area contributed by atoms with Gasteiger partial charge in [-0.25, -0.2) is 0 Å². The highest BCUT2D eigenvalue weighted by molar-refractivity contribution is 8.14. The summed E-state index contributed by atoms with van der Waals surface area (Å²) in [5.41, 5.74) is 0.781. The van der Waals surface area contributed by atoms with Gasteiger partial charge in [-0.15, -0.1) is 0 Å². The molecular weight excluding hydrogens is 216 g/mol. The van der Waals surface area contributed by atoms with Gasteiger partial charge in [-0.2, -0.15) is 0 Å². The first-order valence-corrected chi connectivity index (χ1v) is 7.40. The van der Waals surface area contributed by atoms with Crippen molar-refractivity contribution in [1.82, 2.24) is 5.32 Å². The van der Waals surface area contributed by atoms with Crippen LogP contribution in [0.15, 0.2) is 4.99 Å². The third-order valence-corrected chi connectivity index (χ3v) is 5.22. The molecule has 0 spiro atoms. The quantitative estimate of drug-likeness (QED) is 0.799. The molecule has 2 rings (SSSR count). The van der Waals surface area contributed by atoms with E-state index in [2.05, 4.69) is 33.0 Å². The zero-order valence-electron chi connectivity index (χ0n) is 11.0. The second-order valence-corrected chi connectivity index (χ2v) is 7.29. The lowest BCUT2D eigenvalue weighted by Gasteiger charge is -2.21. The van der Waals surface area contributed by atoms with Gasteiger partial charge in [0.15, 0.2) is 5.17 Å². The molecule has 2 fully saturated rings. The Bertz CT molecular complexity index is 298. The normalized spacial score (nSPS) is 40.2. The molecule has 1 aliphatic carbocycles. The standard InChI is InChI=1S/C13H24N2S/c1-5-13(4)9-16-11(15-13)14-10-6-7-12(2,3)8-10/h10H,5-9H2,1-4H3,(H,14,15). The van der Waals surface area contributed by atoms with Crippen LogP contribution in [0, 0.1) is 5.41 Å². The number of thioether (sulfide) groups is 1. The second kappa shape index (κ2) is 4.25. The number of hydrogen-bond acceptors (Lipinski definition) is 2. The van der Waals surface area contributed by atoms with Crippen LogP contribution in [0.3, 0.4) is 0 Å². The van der Waals surface area contributed by atoms with Gasteiger partial charge in [-0.3, -0.25) is 4.99 Å². The maximum Gasteiger partial charge on any atom is 0.157 e. The molecule has 0 amide bonds. The summed E-state index contributed by atoms with van der Waals surface area (Å²) in [4.78, 5) is 4.88. The number of nitrogens with zero attached hydrogens (tertiary/aromatic N) is 1. The van der Waals surface area contributed by atoms with E-state index in [1.807, 2.05) is 11.8 Å². The third kappa shape index (κ3) is 2.73. The molecule has 0 aromatic rings. The zero-order chi connectivity index (χ0) is 11.8. The summed E-state index contributed by atoms with van der Waals surface area (Å²) in [5, 5.41) is 4.77.